The van der Waals surface area contributed by atoms with Gasteiger partial charge in [-0.15, -0.1) is 0 Å². The van der Waals surface area contributed by atoms with Gasteiger partial charge in [0.15, 0.2) is 0 Å². The lowest BCUT2D eigenvalue weighted by Crippen LogP contribution is -2.39. The Labute approximate surface area is 123 Å². The Bertz CT molecular complexity index is 405. The molecule has 0 heterocycles. The van der Waals surface area contributed by atoms with Crippen LogP contribution >= 0.6 is 34.8 Å². The fourth-order valence-electron chi connectivity index (χ4n) is 1.65. The molecule has 0 aliphatic rings. The van der Waals surface area contributed by atoms with Crippen LogP contribution in [0.15, 0.2) is 12.1 Å². The van der Waals surface area contributed by atoms with Gasteiger partial charge in [0.25, 0.3) is 0 Å². The van der Waals surface area contributed by atoms with Gasteiger partial charge in [0, 0.05) is 23.7 Å². The standard InChI is InChI=1S/C13H18Cl3NO/c1-3-13(18,4-2)8-17-7-9-10(14)5-6-11(15)12(9)16/h5-6,17-18H,3-4,7-8H2,1-2H3. The van der Waals surface area contributed by atoms with Crippen LogP contribution in [-0.4, -0.2) is 17.3 Å². The average molecular weight is 311 g/mol. The SMILES string of the molecule is CCC(O)(CC)CNCc1c(Cl)ccc(Cl)c1Cl. The lowest BCUT2D eigenvalue weighted by atomic mass is 9.97. The van der Waals surface area contributed by atoms with Gasteiger partial charge in [-0.2, -0.15) is 0 Å². The van der Waals surface area contributed by atoms with Crippen molar-refractivity contribution in [3.63, 3.8) is 0 Å². The number of nitrogens with one attached hydrogen (secondary N) is 1. The predicted octanol–water partition coefficient (Wildman–Crippen LogP) is 4.29. The van der Waals surface area contributed by atoms with E-state index in [9.17, 15) is 5.11 Å². The fourth-order valence-corrected chi connectivity index (χ4v) is 2.33. The molecule has 18 heavy (non-hydrogen) atoms. The third-order valence-corrected chi connectivity index (χ3v) is 4.41. The van der Waals surface area contributed by atoms with Crippen molar-refractivity contribution in [3.05, 3.63) is 32.8 Å². The van der Waals surface area contributed by atoms with Gasteiger partial charge in [-0.3, -0.25) is 0 Å². The van der Waals surface area contributed by atoms with Crippen LogP contribution in [0.1, 0.15) is 32.3 Å². The van der Waals surface area contributed by atoms with E-state index in [-0.39, 0.29) is 0 Å². The highest BCUT2D eigenvalue weighted by Gasteiger charge is 2.21. The first-order valence-electron chi connectivity index (χ1n) is 5.99. The van der Waals surface area contributed by atoms with E-state index in [1.807, 2.05) is 13.8 Å². The van der Waals surface area contributed by atoms with E-state index in [0.29, 0.717) is 41.0 Å². The van der Waals surface area contributed by atoms with Crippen LogP contribution < -0.4 is 5.32 Å². The third kappa shape index (κ3) is 4.01. The lowest BCUT2D eigenvalue weighted by molar-refractivity contribution is 0.0323. The van der Waals surface area contributed by atoms with Gasteiger partial charge in [-0.05, 0) is 25.0 Å². The number of hydrogen-bond donors (Lipinski definition) is 2. The summed E-state index contributed by atoms with van der Waals surface area (Å²) in [4.78, 5) is 0. The van der Waals surface area contributed by atoms with Crippen molar-refractivity contribution in [2.45, 2.75) is 38.8 Å². The molecule has 0 spiro atoms. The maximum Gasteiger partial charge on any atom is 0.0766 e. The molecule has 0 atom stereocenters. The molecule has 0 aromatic heterocycles. The van der Waals surface area contributed by atoms with E-state index < -0.39 is 5.60 Å². The van der Waals surface area contributed by atoms with Crippen molar-refractivity contribution in [1.82, 2.24) is 5.32 Å². The molecule has 0 bridgehead atoms. The van der Waals surface area contributed by atoms with Gasteiger partial charge in [0.05, 0.1) is 15.6 Å². The molecule has 0 aliphatic carbocycles. The summed E-state index contributed by atoms with van der Waals surface area (Å²) in [5.74, 6) is 0. The van der Waals surface area contributed by atoms with Crippen molar-refractivity contribution in [3.8, 4) is 0 Å². The third-order valence-electron chi connectivity index (χ3n) is 3.21. The van der Waals surface area contributed by atoms with Crippen LogP contribution in [0.25, 0.3) is 0 Å². The van der Waals surface area contributed by atoms with E-state index in [0.717, 1.165) is 5.56 Å². The van der Waals surface area contributed by atoms with Gasteiger partial charge in [0.2, 0.25) is 0 Å². The molecule has 0 saturated carbocycles. The summed E-state index contributed by atoms with van der Waals surface area (Å²) in [7, 11) is 0. The second-order valence-corrected chi connectivity index (χ2v) is 5.55. The highest BCUT2D eigenvalue weighted by Crippen LogP contribution is 2.31. The van der Waals surface area contributed by atoms with Gasteiger partial charge in [-0.1, -0.05) is 48.7 Å². The minimum Gasteiger partial charge on any atom is -0.389 e. The molecule has 5 heteroatoms. The summed E-state index contributed by atoms with van der Waals surface area (Å²) in [5, 5.41) is 14.8. The van der Waals surface area contributed by atoms with E-state index in [1.165, 1.54) is 0 Å². The highest BCUT2D eigenvalue weighted by atomic mass is 35.5. The van der Waals surface area contributed by atoms with Crippen LogP contribution in [0.3, 0.4) is 0 Å². The number of halogens is 3. The Balaban J connectivity index is 2.67. The molecule has 2 nitrogen and oxygen atoms in total. The Morgan fingerprint density at radius 1 is 1.11 bits per heavy atom. The summed E-state index contributed by atoms with van der Waals surface area (Å²) >= 11 is 18.1. The summed E-state index contributed by atoms with van der Waals surface area (Å²) in [6.45, 7) is 4.91. The first kappa shape index (κ1) is 16.1. The second-order valence-electron chi connectivity index (χ2n) is 4.36. The predicted molar refractivity (Wildman–Crippen MR) is 78.7 cm³/mol. The molecule has 1 aromatic carbocycles. The van der Waals surface area contributed by atoms with Crippen molar-refractivity contribution in [1.29, 1.82) is 0 Å². The number of hydrogen-bond acceptors (Lipinski definition) is 2. The zero-order valence-electron chi connectivity index (χ0n) is 10.6. The summed E-state index contributed by atoms with van der Waals surface area (Å²) in [5.41, 5.74) is 0.0812. The first-order valence-corrected chi connectivity index (χ1v) is 7.12. The highest BCUT2D eigenvalue weighted by molar-refractivity contribution is 6.44. The number of benzene rings is 1. The maximum absolute atomic E-state index is 10.1. The van der Waals surface area contributed by atoms with Crippen LogP contribution in [0, 0.1) is 0 Å². The normalized spacial score (nSPS) is 11.9. The van der Waals surface area contributed by atoms with Gasteiger partial charge >= 0.3 is 0 Å². The average Bonchev–Trinajstić information content (AvgIpc) is 2.38. The van der Waals surface area contributed by atoms with Gasteiger partial charge in [0.1, 0.15) is 0 Å². The Morgan fingerprint density at radius 3 is 2.22 bits per heavy atom. The zero-order chi connectivity index (χ0) is 13.8. The molecule has 0 aliphatic heterocycles. The Morgan fingerprint density at radius 2 is 1.67 bits per heavy atom. The molecule has 0 amide bonds. The minimum absolute atomic E-state index is 0.466. The fraction of sp³-hybridized carbons (Fsp3) is 0.538. The zero-order valence-corrected chi connectivity index (χ0v) is 12.8. The van der Waals surface area contributed by atoms with E-state index in [2.05, 4.69) is 5.32 Å². The van der Waals surface area contributed by atoms with E-state index in [1.54, 1.807) is 12.1 Å². The molecular formula is C13H18Cl3NO. The van der Waals surface area contributed by atoms with Crippen LogP contribution in [0.4, 0.5) is 0 Å². The van der Waals surface area contributed by atoms with Gasteiger partial charge in [-0.25, -0.2) is 0 Å². The Hall–Kier alpha value is 0.01000. The van der Waals surface area contributed by atoms with Crippen molar-refractivity contribution in [2.75, 3.05) is 6.54 Å². The molecule has 1 aromatic rings. The molecule has 102 valence electrons. The molecular weight excluding hydrogens is 293 g/mol. The molecule has 0 saturated heterocycles. The van der Waals surface area contributed by atoms with Crippen LogP contribution in [0.5, 0.6) is 0 Å². The smallest absolute Gasteiger partial charge is 0.0766 e. The van der Waals surface area contributed by atoms with E-state index >= 15 is 0 Å². The topological polar surface area (TPSA) is 32.3 Å². The van der Waals surface area contributed by atoms with Crippen LogP contribution in [-0.2, 0) is 6.54 Å². The lowest BCUT2D eigenvalue weighted by Gasteiger charge is -2.25. The van der Waals surface area contributed by atoms with Crippen molar-refractivity contribution >= 4 is 34.8 Å². The monoisotopic (exact) mass is 309 g/mol. The largest absolute Gasteiger partial charge is 0.389 e. The summed E-state index contributed by atoms with van der Waals surface area (Å²) in [6.07, 6.45) is 1.40. The summed E-state index contributed by atoms with van der Waals surface area (Å²) in [6, 6.07) is 3.39. The minimum atomic E-state index is -0.683. The summed E-state index contributed by atoms with van der Waals surface area (Å²) < 4.78 is 0. The second kappa shape index (κ2) is 6.97. The van der Waals surface area contributed by atoms with E-state index in [4.69, 9.17) is 34.8 Å². The maximum atomic E-state index is 10.1. The van der Waals surface area contributed by atoms with Gasteiger partial charge < -0.3 is 10.4 Å². The molecule has 2 N–H and O–H groups in total. The Kier molecular flexibility index (Phi) is 6.22. The number of rotatable bonds is 6. The van der Waals surface area contributed by atoms with Crippen molar-refractivity contribution < 1.29 is 5.11 Å². The molecule has 0 radical (unpaired) electrons. The van der Waals surface area contributed by atoms with Crippen molar-refractivity contribution in [2.24, 2.45) is 0 Å². The molecule has 0 fully saturated rings. The molecule has 1 rings (SSSR count). The molecule has 0 unspecified atom stereocenters. The quantitative estimate of drug-likeness (QED) is 0.768. The first-order chi connectivity index (χ1) is 8.43. The number of aliphatic hydroxyl groups is 1. The van der Waals surface area contributed by atoms with Crippen LogP contribution in [0.2, 0.25) is 15.1 Å².